The van der Waals surface area contributed by atoms with E-state index in [-0.39, 0.29) is 10.8 Å². The van der Waals surface area contributed by atoms with Gasteiger partial charge in [0.2, 0.25) is 0 Å². The van der Waals surface area contributed by atoms with E-state index < -0.39 is 0 Å². The molecule has 44 heavy (non-hydrogen) atoms. The highest BCUT2D eigenvalue weighted by molar-refractivity contribution is 6.07. The minimum absolute atomic E-state index is 0.0821. The summed E-state index contributed by atoms with van der Waals surface area (Å²) in [6, 6.07) is 53.6. The summed E-state index contributed by atoms with van der Waals surface area (Å²) < 4.78 is 0. The van der Waals surface area contributed by atoms with Crippen LogP contribution in [-0.4, -0.2) is 0 Å². The smallest absolute Gasteiger partial charge is 0.00143 e. The Hall–Kier alpha value is -4.68. The van der Waals surface area contributed by atoms with Gasteiger partial charge in [-0.1, -0.05) is 181 Å². The number of benzene rings is 6. The van der Waals surface area contributed by atoms with Gasteiger partial charge in [-0.15, -0.1) is 0 Å². The van der Waals surface area contributed by atoms with Crippen LogP contribution in [0.2, 0.25) is 0 Å². The first-order valence-electron chi connectivity index (χ1n) is 15.7. The molecule has 0 nitrogen and oxygen atoms in total. The van der Waals surface area contributed by atoms with Gasteiger partial charge in [0, 0.05) is 0 Å². The Morgan fingerprint density at radius 2 is 0.591 bits per heavy atom. The van der Waals surface area contributed by atoms with Gasteiger partial charge in [-0.05, 0) is 83.7 Å². The molecule has 0 aliphatic heterocycles. The molecular formula is C44H42. The van der Waals surface area contributed by atoms with E-state index >= 15 is 0 Å². The first-order chi connectivity index (χ1) is 21.1. The van der Waals surface area contributed by atoms with E-state index in [0.717, 1.165) is 0 Å². The Balaban J connectivity index is 1.78. The third-order valence-electron chi connectivity index (χ3n) is 8.64. The maximum absolute atomic E-state index is 2.43. The van der Waals surface area contributed by atoms with E-state index in [1.807, 2.05) is 0 Å². The molecule has 0 heterocycles. The number of rotatable bonds is 5. The largest absolute Gasteiger partial charge is 0.0622 e. The lowest BCUT2D eigenvalue weighted by molar-refractivity contribution is 0.590. The molecule has 0 bridgehead atoms. The van der Waals surface area contributed by atoms with E-state index in [1.54, 1.807) is 0 Å². The molecular weight excluding hydrogens is 528 g/mol. The standard InChI is InChI=1S/C44H42/c1-43(2,3)36-26-22-32(23-27-36)39-30-38(31-16-10-7-11-17-31)40(33-18-12-8-13-19-33)42(34-20-14-9-15-21-34)41(39)35-24-28-37(29-25-35)44(4,5)6/h7-30H,1-6H3. The van der Waals surface area contributed by atoms with Crippen LogP contribution in [0.4, 0.5) is 0 Å². The van der Waals surface area contributed by atoms with Crippen LogP contribution in [-0.2, 0) is 10.8 Å². The van der Waals surface area contributed by atoms with Crippen LogP contribution in [0.15, 0.2) is 146 Å². The Bertz CT molecular complexity index is 1850. The van der Waals surface area contributed by atoms with Crippen LogP contribution >= 0.6 is 0 Å². The summed E-state index contributed by atoms with van der Waals surface area (Å²) in [6.07, 6.45) is 0. The van der Waals surface area contributed by atoms with Crippen LogP contribution in [0.5, 0.6) is 0 Å². The normalized spacial score (nSPS) is 11.9. The molecule has 6 aromatic rings. The Kier molecular flexibility index (Phi) is 7.87. The minimum Gasteiger partial charge on any atom is -0.0622 e. The first-order valence-corrected chi connectivity index (χ1v) is 15.7. The van der Waals surface area contributed by atoms with Crippen molar-refractivity contribution >= 4 is 0 Å². The van der Waals surface area contributed by atoms with E-state index in [1.165, 1.54) is 66.8 Å². The fraction of sp³-hybridized carbons (Fsp3) is 0.182. The molecule has 0 N–H and O–H groups in total. The van der Waals surface area contributed by atoms with Crippen molar-refractivity contribution in [2.75, 3.05) is 0 Å². The lowest BCUT2D eigenvalue weighted by atomic mass is 9.78. The Labute approximate surface area is 264 Å². The lowest BCUT2D eigenvalue weighted by Gasteiger charge is -2.26. The summed E-state index contributed by atoms with van der Waals surface area (Å²) in [5, 5.41) is 0. The average Bonchev–Trinajstić information content (AvgIpc) is 3.04. The van der Waals surface area contributed by atoms with Crippen LogP contribution in [0, 0.1) is 0 Å². The van der Waals surface area contributed by atoms with Crippen LogP contribution in [0.3, 0.4) is 0 Å². The van der Waals surface area contributed by atoms with E-state index in [0.29, 0.717) is 0 Å². The van der Waals surface area contributed by atoms with Gasteiger partial charge in [0.25, 0.3) is 0 Å². The summed E-state index contributed by atoms with van der Waals surface area (Å²) in [7, 11) is 0. The van der Waals surface area contributed by atoms with Gasteiger partial charge in [0.15, 0.2) is 0 Å². The van der Waals surface area contributed by atoms with Crippen LogP contribution in [0.1, 0.15) is 52.7 Å². The summed E-state index contributed by atoms with van der Waals surface area (Å²) in [6.45, 7) is 13.7. The fourth-order valence-corrected chi connectivity index (χ4v) is 6.14. The van der Waals surface area contributed by atoms with Gasteiger partial charge in [-0.2, -0.15) is 0 Å². The molecule has 6 aromatic carbocycles. The zero-order valence-electron chi connectivity index (χ0n) is 26.9. The molecule has 0 spiro atoms. The average molecular weight is 571 g/mol. The van der Waals surface area contributed by atoms with Crippen molar-refractivity contribution in [3.63, 3.8) is 0 Å². The minimum atomic E-state index is 0.0821. The molecule has 218 valence electrons. The first kappa shape index (κ1) is 29.4. The SMILES string of the molecule is CC(C)(C)c1ccc(-c2cc(-c3ccccc3)c(-c3ccccc3)c(-c3ccccc3)c2-c2ccc(C(C)(C)C)cc2)cc1. The predicted octanol–water partition coefficient (Wildman–Crippen LogP) is 12.6. The highest BCUT2D eigenvalue weighted by Crippen LogP contribution is 2.50. The van der Waals surface area contributed by atoms with Gasteiger partial charge in [0.05, 0.1) is 0 Å². The molecule has 0 saturated carbocycles. The fourth-order valence-electron chi connectivity index (χ4n) is 6.14. The zero-order valence-corrected chi connectivity index (χ0v) is 26.9. The van der Waals surface area contributed by atoms with E-state index in [2.05, 4.69) is 187 Å². The third-order valence-corrected chi connectivity index (χ3v) is 8.64. The molecule has 0 fully saturated rings. The van der Waals surface area contributed by atoms with Crippen molar-refractivity contribution < 1.29 is 0 Å². The molecule has 0 unspecified atom stereocenters. The van der Waals surface area contributed by atoms with Gasteiger partial charge >= 0.3 is 0 Å². The molecule has 0 aromatic heterocycles. The molecule has 0 aliphatic carbocycles. The Morgan fingerprint density at radius 3 is 0.977 bits per heavy atom. The molecule has 0 heteroatoms. The molecule has 0 radical (unpaired) electrons. The highest BCUT2D eigenvalue weighted by atomic mass is 14.3. The van der Waals surface area contributed by atoms with Crippen molar-refractivity contribution in [3.05, 3.63) is 157 Å². The number of hydrogen-bond donors (Lipinski definition) is 0. The van der Waals surface area contributed by atoms with Crippen molar-refractivity contribution in [2.45, 2.75) is 52.4 Å². The third kappa shape index (κ3) is 5.90. The zero-order chi connectivity index (χ0) is 30.9. The van der Waals surface area contributed by atoms with Gasteiger partial charge in [0.1, 0.15) is 0 Å². The maximum atomic E-state index is 2.43. The van der Waals surface area contributed by atoms with Crippen molar-refractivity contribution in [2.24, 2.45) is 0 Å². The molecule has 0 amide bonds. The lowest BCUT2D eigenvalue weighted by Crippen LogP contribution is -2.10. The van der Waals surface area contributed by atoms with Crippen molar-refractivity contribution in [1.29, 1.82) is 0 Å². The summed E-state index contributed by atoms with van der Waals surface area (Å²) in [5.41, 5.74) is 15.2. The Morgan fingerprint density at radius 1 is 0.295 bits per heavy atom. The molecule has 0 aliphatic rings. The van der Waals surface area contributed by atoms with E-state index in [9.17, 15) is 0 Å². The van der Waals surface area contributed by atoms with Crippen molar-refractivity contribution in [1.82, 2.24) is 0 Å². The second-order valence-corrected chi connectivity index (χ2v) is 13.8. The van der Waals surface area contributed by atoms with Crippen molar-refractivity contribution in [3.8, 4) is 55.6 Å². The summed E-state index contributed by atoms with van der Waals surface area (Å²) in [5.74, 6) is 0. The van der Waals surface area contributed by atoms with Gasteiger partial charge in [-0.3, -0.25) is 0 Å². The second kappa shape index (κ2) is 11.8. The van der Waals surface area contributed by atoms with Crippen LogP contribution in [0.25, 0.3) is 55.6 Å². The quantitative estimate of drug-likeness (QED) is 0.193. The van der Waals surface area contributed by atoms with Gasteiger partial charge in [-0.25, -0.2) is 0 Å². The van der Waals surface area contributed by atoms with Gasteiger partial charge < -0.3 is 0 Å². The van der Waals surface area contributed by atoms with Crippen LogP contribution < -0.4 is 0 Å². The maximum Gasteiger partial charge on any atom is -0.00143 e. The second-order valence-electron chi connectivity index (χ2n) is 13.8. The number of hydrogen-bond acceptors (Lipinski definition) is 0. The topological polar surface area (TPSA) is 0 Å². The predicted molar refractivity (Wildman–Crippen MR) is 191 cm³/mol. The molecule has 0 saturated heterocycles. The monoisotopic (exact) mass is 570 g/mol. The summed E-state index contributed by atoms with van der Waals surface area (Å²) in [4.78, 5) is 0. The molecule has 6 rings (SSSR count). The highest BCUT2D eigenvalue weighted by Gasteiger charge is 2.24. The summed E-state index contributed by atoms with van der Waals surface area (Å²) >= 11 is 0. The van der Waals surface area contributed by atoms with E-state index in [4.69, 9.17) is 0 Å². The molecule has 0 atom stereocenters.